The molecule has 1 fully saturated rings. The number of nitrogens with one attached hydrogen (secondary N) is 2. The van der Waals surface area contributed by atoms with Crippen molar-refractivity contribution < 1.29 is 27.5 Å². The number of hydrogen-bond donors (Lipinski definition) is 3. The fraction of sp³-hybridized carbons (Fsp3) is 0.267. The summed E-state index contributed by atoms with van der Waals surface area (Å²) >= 11 is 0. The summed E-state index contributed by atoms with van der Waals surface area (Å²) in [6, 6.07) is 18.7. The highest BCUT2D eigenvalue weighted by molar-refractivity contribution is 7.87. The molecule has 11 heteroatoms. The van der Waals surface area contributed by atoms with Crippen LogP contribution in [0.4, 0.5) is 10.1 Å². The first-order valence-electron chi connectivity index (χ1n) is 13.2. The summed E-state index contributed by atoms with van der Waals surface area (Å²) in [6.07, 6.45) is 3.87. The second-order valence-corrected chi connectivity index (χ2v) is 11.6. The molecular weight excluding hydrogens is 547 g/mol. The molecule has 3 N–H and O–H groups in total. The molecule has 0 aromatic heterocycles. The number of anilines is 1. The van der Waals surface area contributed by atoms with Crippen LogP contribution in [0, 0.1) is 12.7 Å². The number of amides is 1. The van der Waals surface area contributed by atoms with E-state index in [9.17, 15) is 22.4 Å². The Balaban J connectivity index is 1.31. The van der Waals surface area contributed by atoms with Crippen molar-refractivity contribution in [3.63, 3.8) is 0 Å². The lowest BCUT2D eigenvalue weighted by Crippen LogP contribution is -2.54. The topological polar surface area (TPSA) is 119 Å². The second kappa shape index (κ2) is 13.1. The minimum absolute atomic E-state index is 0.216. The van der Waals surface area contributed by atoms with Crippen molar-refractivity contribution in [1.82, 2.24) is 14.3 Å². The molecule has 3 aromatic carbocycles. The standard InChI is InChI=1S/C30H33FN4O5S/c1-21-18-25(10-13-28(21)31)20-32-29(36)26-5-3-4-24(19-26)7-6-23-8-11-27(12-9-23)34-14-16-35(17-15-34)41(39,40)33-22(2)30(37)38/h3-13,18-19,22,33H,14-17,20H2,1-2H3,(H,32,36)(H,37,38)/b7-6+/t22-/m1/s1. The number of aryl methyl sites for hydroxylation is 1. The second-order valence-electron chi connectivity index (χ2n) is 9.89. The number of piperazine rings is 1. The van der Waals surface area contributed by atoms with Gasteiger partial charge in [-0.05, 0) is 66.4 Å². The lowest BCUT2D eigenvalue weighted by Gasteiger charge is -2.35. The average molecular weight is 581 g/mol. The number of carbonyl (C=O) groups is 2. The maximum atomic E-state index is 13.5. The molecule has 0 spiro atoms. The summed E-state index contributed by atoms with van der Waals surface area (Å²) < 4.78 is 41.8. The number of aliphatic carboxylic acids is 1. The summed E-state index contributed by atoms with van der Waals surface area (Å²) in [5, 5.41) is 11.8. The van der Waals surface area contributed by atoms with E-state index in [0.717, 1.165) is 22.4 Å². The van der Waals surface area contributed by atoms with Gasteiger partial charge in [-0.2, -0.15) is 17.4 Å². The predicted molar refractivity (Wildman–Crippen MR) is 157 cm³/mol. The molecule has 1 heterocycles. The Bertz CT molecular complexity index is 1530. The molecule has 3 aromatic rings. The third-order valence-corrected chi connectivity index (χ3v) is 8.52. The maximum Gasteiger partial charge on any atom is 0.321 e. The van der Waals surface area contributed by atoms with Crippen LogP contribution >= 0.6 is 0 Å². The van der Waals surface area contributed by atoms with Gasteiger partial charge in [-0.3, -0.25) is 9.59 Å². The molecule has 216 valence electrons. The fourth-order valence-electron chi connectivity index (χ4n) is 4.41. The van der Waals surface area contributed by atoms with E-state index in [-0.39, 0.29) is 24.8 Å². The Kier molecular flexibility index (Phi) is 9.53. The zero-order valence-corrected chi connectivity index (χ0v) is 23.7. The van der Waals surface area contributed by atoms with Crippen LogP contribution in [0.2, 0.25) is 0 Å². The number of halogens is 1. The highest BCUT2D eigenvalue weighted by atomic mass is 32.2. The van der Waals surface area contributed by atoms with Gasteiger partial charge in [0.25, 0.3) is 16.1 Å². The van der Waals surface area contributed by atoms with Gasteiger partial charge < -0.3 is 15.3 Å². The van der Waals surface area contributed by atoms with Crippen LogP contribution < -0.4 is 14.9 Å². The Morgan fingerprint density at radius 3 is 2.32 bits per heavy atom. The first-order chi connectivity index (χ1) is 19.5. The molecule has 1 amide bonds. The molecular formula is C30H33FN4O5S. The Morgan fingerprint density at radius 2 is 1.66 bits per heavy atom. The molecule has 1 aliphatic heterocycles. The molecule has 0 saturated carbocycles. The molecule has 1 atom stereocenters. The number of rotatable bonds is 10. The van der Waals surface area contributed by atoms with Crippen molar-refractivity contribution in [2.24, 2.45) is 0 Å². The summed E-state index contributed by atoms with van der Waals surface area (Å²) in [5.41, 5.74) is 4.67. The predicted octanol–water partition coefficient (Wildman–Crippen LogP) is 3.66. The van der Waals surface area contributed by atoms with E-state index in [1.54, 1.807) is 31.2 Å². The molecule has 1 aliphatic rings. The molecule has 4 rings (SSSR count). The van der Waals surface area contributed by atoms with Gasteiger partial charge in [0.1, 0.15) is 11.9 Å². The highest BCUT2D eigenvalue weighted by Crippen LogP contribution is 2.20. The fourth-order valence-corrected chi connectivity index (χ4v) is 5.75. The minimum Gasteiger partial charge on any atom is -0.480 e. The van der Waals surface area contributed by atoms with Crippen molar-refractivity contribution >= 4 is 39.9 Å². The Labute approximate surface area is 239 Å². The molecule has 0 bridgehead atoms. The number of benzene rings is 3. The van der Waals surface area contributed by atoms with Crippen molar-refractivity contribution in [2.45, 2.75) is 26.4 Å². The first-order valence-corrected chi connectivity index (χ1v) is 14.6. The van der Waals surface area contributed by atoms with Gasteiger partial charge in [0, 0.05) is 44.0 Å². The van der Waals surface area contributed by atoms with E-state index in [4.69, 9.17) is 5.11 Å². The van der Waals surface area contributed by atoms with E-state index < -0.39 is 22.2 Å². The molecule has 0 unspecified atom stereocenters. The quantitative estimate of drug-likeness (QED) is 0.315. The van der Waals surface area contributed by atoms with E-state index in [2.05, 4.69) is 14.9 Å². The third-order valence-electron chi connectivity index (χ3n) is 6.83. The zero-order chi connectivity index (χ0) is 29.6. The number of carbonyl (C=O) groups excluding carboxylic acids is 1. The minimum atomic E-state index is -3.87. The van der Waals surface area contributed by atoms with Crippen LogP contribution in [0.3, 0.4) is 0 Å². The van der Waals surface area contributed by atoms with Crippen molar-refractivity contribution in [3.8, 4) is 0 Å². The SMILES string of the molecule is Cc1cc(CNC(=O)c2cccc(/C=C/c3ccc(N4CCN(S(=O)(=O)N[C@H](C)C(=O)O)CC4)cc3)c2)ccc1F. The maximum absolute atomic E-state index is 13.5. The van der Waals surface area contributed by atoms with Gasteiger partial charge in [0.15, 0.2) is 0 Å². The molecule has 1 saturated heterocycles. The first kappa shape index (κ1) is 29.9. The smallest absolute Gasteiger partial charge is 0.321 e. The van der Waals surface area contributed by atoms with Gasteiger partial charge in [-0.25, -0.2) is 4.39 Å². The summed E-state index contributed by atoms with van der Waals surface area (Å²) in [6.45, 7) is 4.73. The largest absolute Gasteiger partial charge is 0.480 e. The number of hydrogen-bond acceptors (Lipinski definition) is 5. The molecule has 0 radical (unpaired) electrons. The van der Waals surface area contributed by atoms with Crippen LogP contribution in [0.25, 0.3) is 12.2 Å². The summed E-state index contributed by atoms with van der Waals surface area (Å²) in [5.74, 6) is -1.72. The van der Waals surface area contributed by atoms with E-state index in [1.165, 1.54) is 17.3 Å². The Hall–Kier alpha value is -4.06. The van der Waals surface area contributed by atoms with Crippen LogP contribution in [0.5, 0.6) is 0 Å². The van der Waals surface area contributed by atoms with E-state index >= 15 is 0 Å². The summed E-state index contributed by atoms with van der Waals surface area (Å²) in [4.78, 5) is 25.7. The van der Waals surface area contributed by atoms with Gasteiger partial charge in [-0.15, -0.1) is 0 Å². The van der Waals surface area contributed by atoms with E-state index in [0.29, 0.717) is 30.8 Å². The molecule has 41 heavy (non-hydrogen) atoms. The van der Waals surface area contributed by atoms with Gasteiger partial charge >= 0.3 is 5.97 Å². The van der Waals surface area contributed by atoms with Crippen molar-refractivity contribution in [2.75, 3.05) is 31.1 Å². The summed E-state index contributed by atoms with van der Waals surface area (Å²) in [7, 11) is -3.87. The average Bonchev–Trinajstić information content (AvgIpc) is 2.96. The van der Waals surface area contributed by atoms with Gasteiger partial charge in [0.05, 0.1) is 0 Å². The number of nitrogens with zero attached hydrogens (tertiary/aromatic N) is 2. The highest BCUT2D eigenvalue weighted by Gasteiger charge is 2.29. The number of carboxylic acid groups (broad SMARTS) is 1. The van der Waals surface area contributed by atoms with Crippen LogP contribution in [-0.2, 0) is 21.5 Å². The van der Waals surface area contributed by atoms with Crippen molar-refractivity contribution in [3.05, 3.63) is 100 Å². The third kappa shape index (κ3) is 8.00. The van der Waals surface area contributed by atoms with Crippen LogP contribution in [0.1, 0.15) is 39.5 Å². The zero-order valence-electron chi connectivity index (χ0n) is 22.9. The molecule has 0 aliphatic carbocycles. The lowest BCUT2D eigenvalue weighted by molar-refractivity contribution is -0.138. The van der Waals surface area contributed by atoms with Crippen LogP contribution in [0.15, 0.2) is 66.7 Å². The van der Waals surface area contributed by atoms with Gasteiger partial charge in [-0.1, -0.05) is 48.6 Å². The Morgan fingerprint density at radius 1 is 0.976 bits per heavy atom. The van der Waals surface area contributed by atoms with Crippen molar-refractivity contribution in [1.29, 1.82) is 0 Å². The number of carboxylic acids is 1. The van der Waals surface area contributed by atoms with Gasteiger partial charge in [0.2, 0.25) is 0 Å². The normalized spacial score (nSPS) is 15.1. The van der Waals surface area contributed by atoms with Crippen LogP contribution in [-0.4, -0.2) is 61.9 Å². The lowest BCUT2D eigenvalue weighted by atomic mass is 10.1. The molecule has 9 nitrogen and oxygen atoms in total. The monoisotopic (exact) mass is 580 g/mol. The van der Waals surface area contributed by atoms with E-state index in [1.807, 2.05) is 48.6 Å².